The highest BCUT2D eigenvalue weighted by Gasteiger charge is 2.11. The van der Waals surface area contributed by atoms with Gasteiger partial charge < -0.3 is 9.72 Å². The number of nitrogens with one attached hydrogen (secondary N) is 1. The van der Waals surface area contributed by atoms with Gasteiger partial charge in [0.15, 0.2) is 0 Å². The lowest BCUT2D eigenvalue weighted by Crippen LogP contribution is -2.26. The van der Waals surface area contributed by atoms with Gasteiger partial charge in [-0.15, -0.1) is 0 Å². The Morgan fingerprint density at radius 1 is 1.32 bits per heavy atom. The van der Waals surface area contributed by atoms with Crippen LogP contribution in [0.2, 0.25) is 0 Å². The first kappa shape index (κ1) is 14.7. The number of amides is 1. The molecule has 0 fully saturated rings. The highest BCUT2D eigenvalue weighted by molar-refractivity contribution is 9.10. The Balaban J connectivity index is 1.61. The number of halogens is 2. The molecule has 0 bridgehead atoms. The highest BCUT2D eigenvalue weighted by atomic mass is 79.9. The van der Waals surface area contributed by atoms with Crippen molar-refractivity contribution in [1.82, 2.24) is 14.7 Å². The summed E-state index contributed by atoms with van der Waals surface area (Å²) in [6.07, 6.45) is 4.43. The largest absolute Gasteiger partial charge is 0.352 e. The van der Waals surface area contributed by atoms with Gasteiger partial charge >= 0.3 is 0 Å². The number of carbonyl (C=O) groups is 1. The van der Waals surface area contributed by atoms with Gasteiger partial charge in [0.2, 0.25) is 0 Å². The van der Waals surface area contributed by atoms with Gasteiger partial charge in [0.1, 0.15) is 11.5 Å². The Kier molecular flexibility index (Phi) is 4.20. The number of fused-ring (bicyclic) bond motifs is 1. The van der Waals surface area contributed by atoms with E-state index >= 15 is 0 Å². The molecular weight excluding hydrogens is 349 g/mol. The van der Waals surface area contributed by atoms with Gasteiger partial charge in [-0.1, -0.05) is 22.0 Å². The Morgan fingerprint density at radius 3 is 2.95 bits per heavy atom. The second-order valence-electron chi connectivity index (χ2n) is 4.83. The van der Waals surface area contributed by atoms with Gasteiger partial charge in [0.05, 0.1) is 11.3 Å². The maximum absolute atomic E-state index is 13.7. The van der Waals surface area contributed by atoms with E-state index in [0.717, 1.165) is 11.3 Å². The van der Waals surface area contributed by atoms with Crippen LogP contribution in [0.4, 0.5) is 4.39 Å². The lowest BCUT2D eigenvalue weighted by molar-refractivity contribution is 0.0950. The Morgan fingerprint density at radius 2 is 2.18 bits per heavy atom. The van der Waals surface area contributed by atoms with Crippen LogP contribution in [0.3, 0.4) is 0 Å². The van der Waals surface area contributed by atoms with E-state index in [1.165, 1.54) is 12.1 Å². The monoisotopic (exact) mass is 361 g/mol. The molecule has 6 heteroatoms. The predicted octanol–water partition coefficient (Wildman–Crippen LogP) is 3.21. The third-order valence-electron chi connectivity index (χ3n) is 3.26. The summed E-state index contributed by atoms with van der Waals surface area (Å²) in [7, 11) is 0. The Bertz CT molecular complexity index is 798. The lowest BCUT2D eigenvalue weighted by atomic mass is 10.2. The average molecular weight is 362 g/mol. The first-order chi connectivity index (χ1) is 10.6. The summed E-state index contributed by atoms with van der Waals surface area (Å²) in [6, 6.07) is 10.1. The van der Waals surface area contributed by atoms with Gasteiger partial charge in [0, 0.05) is 29.8 Å². The molecule has 4 nitrogen and oxygen atoms in total. The summed E-state index contributed by atoms with van der Waals surface area (Å²) in [5.74, 6) is -0.964. The van der Waals surface area contributed by atoms with Gasteiger partial charge in [-0.3, -0.25) is 4.79 Å². The van der Waals surface area contributed by atoms with Crippen LogP contribution in [-0.4, -0.2) is 21.8 Å². The van der Waals surface area contributed by atoms with Crippen LogP contribution in [-0.2, 0) is 6.42 Å². The Hall–Kier alpha value is -2.21. The summed E-state index contributed by atoms with van der Waals surface area (Å²) in [4.78, 5) is 16.4. The summed E-state index contributed by atoms with van der Waals surface area (Å²) >= 11 is 3.16. The molecule has 0 unspecified atom stereocenters. The van der Waals surface area contributed by atoms with Gasteiger partial charge in [-0.05, 0) is 30.3 Å². The maximum Gasteiger partial charge on any atom is 0.254 e. The van der Waals surface area contributed by atoms with Crippen LogP contribution < -0.4 is 5.32 Å². The van der Waals surface area contributed by atoms with Crippen molar-refractivity contribution >= 4 is 27.5 Å². The number of pyridine rings is 1. The van der Waals surface area contributed by atoms with Crippen molar-refractivity contribution in [3.8, 4) is 0 Å². The molecule has 1 aromatic carbocycles. The molecule has 0 spiro atoms. The van der Waals surface area contributed by atoms with Crippen molar-refractivity contribution in [2.75, 3.05) is 6.54 Å². The van der Waals surface area contributed by atoms with Crippen molar-refractivity contribution in [2.45, 2.75) is 6.42 Å². The number of rotatable bonds is 4. The topological polar surface area (TPSA) is 46.4 Å². The smallest absolute Gasteiger partial charge is 0.254 e. The second kappa shape index (κ2) is 6.27. The van der Waals surface area contributed by atoms with Crippen molar-refractivity contribution in [2.24, 2.45) is 0 Å². The van der Waals surface area contributed by atoms with Crippen molar-refractivity contribution in [3.63, 3.8) is 0 Å². The average Bonchev–Trinajstić information content (AvgIpc) is 2.89. The van der Waals surface area contributed by atoms with E-state index in [9.17, 15) is 9.18 Å². The fraction of sp³-hybridized carbons (Fsp3) is 0.125. The minimum atomic E-state index is -0.542. The normalized spacial score (nSPS) is 10.8. The summed E-state index contributed by atoms with van der Waals surface area (Å²) in [6.45, 7) is 0.401. The molecule has 2 aromatic heterocycles. The number of benzene rings is 1. The molecule has 0 aliphatic heterocycles. The van der Waals surface area contributed by atoms with E-state index in [1.54, 1.807) is 6.07 Å². The number of imidazole rings is 1. The molecule has 1 amide bonds. The first-order valence-corrected chi connectivity index (χ1v) is 7.58. The van der Waals surface area contributed by atoms with E-state index in [0.29, 0.717) is 17.4 Å². The van der Waals surface area contributed by atoms with E-state index in [2.05, 4.69) is 26.2 Å². The minimum Gasteiger partial charge on any atom is -0.352 e. The predicted molar refractivity (Wildman–Crippen MR) is 85.3 cm³/mol. The van der Waals surface area contributed by atoms with Crippen LogP contribution >= 0.6 is 15.9 Å². The van der Waals surface area contributed by atoms with Crippen LogP contribution in [0.5, 0.6) is 0 Å². The summed E-state index contributed by atoms with van der Waals surface area (Å²) < 4.78 is 16.2. The molecule has 22 heavy (non-hydrogen) atoms. The molecule has 0 radical (unpaired) electrons. The molecule has 0 aliphatic carbocycles. The van der Waals surface area contributed by atoms with E-state index in [-0.39, 0.29) is 5.56 Å². The Labute approximate surface area is 135 Å². The van der Waals surface area contributed by atoms with E-state index in [4.69, 9.17) is 0 Å². The fourth-order valence-corrected chi connectivity index (χ4v) is 2.51. The van der Waals surface area contributed by atoms with Crippen LogP contribution in [0, 0.1) is 5.82 Å². The molecule has 112 valence electrons. The van der Waals surface area contributed by atoms with Gasteiger partial charge in [-0.25, -0.2) is 9.37 Å². The first-order valence-electron chi connectivity index (χ1n) is 6.79. The lowest BCUT2D eigenvalue weighted by Gasteiger charge is -2.05. The number of aromatic nitrogens is 2. The minimum absolute atomic E-state index is 0.0400. The molecule has 0 saturated carbocycles. The van der Waals surface area contributed by atoms with Crippen molar-refractivity contribution < 1.29 is 9.18 Å². The molecule has 3 aromatic rings. The molecule has 0 saturated heterocycles. The van der Waals surface area contributed by atoms with Crippen LogP contribution in [0.15, 0.2) is 53.3 Å². The van der Waals surface area contributed by atoms with Crippen molar-refractivity contribution in [3.05, 3.63) is 70.3 Å². The quantitative estimate of drug-likeness (QED) is 0.775. The van der Waals surface area contributed by atoms with Gasteiger partial charge in [0.25, 0.3) is 5.91 Å². The SMILES string of the molecule is O=C(NCCc1cn2ccccc2n1)c1ccc(Br)cc1F. The summed E-state index contributed by atoms with van der Waals surface area (Å²) in [5, 5.41) is 2.71. The van der Waals surface area contributed by atoms with Gasteiger partial charge in [-0.2, -0.15) is 0 Å². The van der Waals surface area contributed by atoms with Crippen LogP contribution in [0.25, 0.3) is 5.65 Å². The molecule has 0 atom stereocenters. The van der Waals surface area contributed by atoms with E-state index < -0.39 is 11.7 Å². The second-order valence-corrected chi connectivity index (χ2v) is 5.74. The zero-order valence-electron chi connectivity index (χ0n) is 11.6. The molecule has 1 N–H and O–H groups in total. The zero-order chi connectivity index (χ0) is 15.5. The number of hydrogen-bond acceptors (Lipinski definition) is 2. The van der Waals surface area contributed by atoms with E-state index in [1.807, 2.05) is 35.0 Å². The molecule has 3 rings (SSSR count). The molecular formula is C16H13BrFN3O. The third kappa shape index (κ3) is 3.17. The van der Waals surface area contributed by atoms with Crippen molar-refractivity contribution in [1.29, 1.82) is 0 Å². The standard InChI is InChI=1S/C16H13BrFN3O/c17-11-4-5-13(14(18)9-11)16(22)19-7-6-12-10-21-8-2-1-3-15(21)20-12/h1-5,8-10H,6-7H2,(H,19,22). The van der Waals surface area contributed by atoms with Crippen LogP contribution in [0.1, 0.15) is 16.1 Å². The zero-order valence-corrected chi connectivity index (χ0v) is 13.2. The number of nitrogens with zero attached hydrogens (tertiary/aromatic N) is 2. The number of hydrogen-bond donors (Lipinski definition) is 1. The highest BCUT2D eigenvalue weighted by Crippen LogP contribution is 2.15. The third-order valence-corrected chi connectivity index (χ3v) is 3.75. The molecule has 0 aliphatic rings. The summed E-state index contributed by atoms with van der Waals surface area (Å²) in [5.41, 5.74) is 1.78. The fourth-order valence-electron chi connectivity index (χ4n) is 2.18. The maximum atomic E-state index is 13.7. The molecule has 2 heterocycles. The number of carbonyl (C=O) groups excluding carboxylic acids is 1.